The molecule has 0 fully saturated rings. The zero-order valence-corrected chi connectivity index (χ0v) is 17.2. The molecule has 1 aliphatic carbocycles. The highest BCUT2D eigenvalue weighted by Gasteiger charge is 2.25. The first kappa shape index (κ1) is 18.6. The predicted octanol–water partition coefficient (Wildman–Crippen LogP) is 4.37. The first-order valence-electron chi connectivity index (χ1n) is 9.87. The number of aryl methyl sites for hydroxylation is 1. The number of pyridine rings is 1. The fraction of sp³-hybridized carbons (Fsp3) is 0.174. The lowest BCUT2D eigenvalue weighted by atomic mass is 9.92. The fourth-order valence-electron chi connectivity index (χ4n) is 3.64. The number of halogens is 1. The lowest BCUT2D eigenvalue weighted by Crippen LogP contribution is -2.25. The number of aromatic nitrogens is 3. The van der Waals surface area contributed by atoms with E-state index in [1.165, 1.54) is 0 Å². The van der Waals surface area contributed by atoms with Crippen molar-refractivity contribution in [2.45, 2.75) is 19.5 Å². The van der Waals surface area contributed by atoms with Gasteiger partial charge < -0.3 is 10.7 Å². The third kappa shape index (κ3) is 3.74. The number of benzene rings is 1. The third-order valence-electron chi connectivity index (χ3n) is 5.22. The van der Waals surface area contributed by atoms with Gasteiger partial charge in [-0.3, -0.25) is 0 Å². The Bertz CT molecular complexity index is 1160. The number of allylic oxidation sites excluding steroid dienone is 2. The van der Waals surface area contributed by atoms with Crippen molar-refractivity contribution in [1.29, 1.82) is 0 Å². The second-order valence-electron chi connectivity index (χ2n) is 7.44. The van der Waals surface area contributed by atoms with Gasteiger partial charge in [0.1, 0.15) is 5.82 Å². The van der Waals surface area contributed by atoms with Crippen molar-refractivity contribution in [3.63, 3.8) is 0 Å². The molecule has 5 rings (SSSR count). The van der Waals surface area contributed by atoms with Gasteiger partial charge in [0.2, 0.25) is 0 Å². The maximum atomic E-state index is 5.99. The quantitative estimate of drug-likeness (QED) is 0.648. The molecule has 2 aromatic heterocycles. The number of nitrogens with one attached hydrogen (secondary N) is 2. The van der Waals surface area contributed by atoms with Crippen LogP contribution in [0.4, 0.5) is 5.82 Å². The predicted molar refractivity (Wildman–Crippen MR) is 121 cm³/mol. The van der Waals surface area contributed by atoms with Crippen LogP contribution in [0.1, 0.15) is 17.0 Å². The van der Waals surface area contributed by atoms with Crippen LogP contribution in [0.25, 0.3) is 11.4 Å². The molecule has 6 nitrogen and oxygen atoms in total. The Morgan fingerprint density at radius 1 is 1.17 bits per heavy atom. The summed E-state index contributed by atoms with van der Waals surface area (Å²) < 4.78 is 1.90. The third-order valence-corrected chi connectivity index (χ3v) is 5.47. The molecule has 1 aromatic carbocycles. The van der Waals surface area contributed by atoms with E-state index in [4.69, 9.17) is 16.7 Å². The molecule has 0 saturated heterocycles. The average Bonchev–Trinajstić information content (AvgIpc) is 3.40. The van der Waals surface area contributed by atoms with Crippen LogP contribution < -0.4 is 10.7 Å². The average molecular weight is 417 g/mol. The molecule has 2 unspecified atom stereocenters. The molecule has 0 bridgehead atoms. The van der Waals surface area contributed by atoms with Crippen LogP contribution in [0.2, 0.25) is 5.02 Å². The molecular weight excluding hydrogens is 396 g/mol. The van der Waals surface area contributed by atoms with E-state index in [0.717, 1.165) is 39.2 Å². The van der Waals surface area contributed by atoms with E-state index in [-0.39, 0.29) is 12.0 Å². The normalized spacial score (nSPS) is 19.3. The van der Waals surface area contributed by atoms with Gasteiger partial charge in [0.25, 0.3) is 0 Å². The van der Waals surface area contributed by atoms with Gasteiger partial charge in [-0.15, -0.1) is 5.10 Å². The van der Waals surface area contributed by atoms with Gasteiger partial charge in [-0.25, -0.2) is 9.67 Å². The van der Waals surface area contributed by atoms with Gasteiger partial charge in [0.05, 0.1) is 11.7 Å². The molecule has 7 heteroatoms. The fourth-order valence-corrected chi connectivity index (χ4v) is 3.77. The van der Waals surface area contributed by atoms with Crippen molar-refractivity contribution < 1.29 is 0 Å². The summed E-state index contributed by atoms with van der Waals surface area (Å²) in [7, 11) is 0. The van der Waals surface area contributed by atoms with Gasteiger partial charge in [-0.05, 0) is 42.3 Å². The molecule has 0 radical (unpaired) electrons. The van der Waals surface area contributed by atoms with E-state index in [0.29, 0.717) is 6.54 Å². The topological polar surface area (TPSA) is 67.1 Å². The summed E-state index contributed by atoms with van der Waals surface area (Å²) >= 11 is 5.99. The van der Waals surface area contributed by atoms with Gasteiger partial charge in [0, 0.05) is 35.5 Å². The molecule has 2 atom stereocenters. The van der Waals surface area contributed by atoms with Gasteiger partial charge in [0.15, 0.2) is 5.82 Å². The van der Waals surface area contributed by atoms with Crippen LogP contribution >= 0.6 is 11.6 Å². The lowest BCUT2D eigenvalue weighted by molar-refractivity contribution is 0.623. The smallest absolute Gasteiger partial charge is 0.154 e. The lowest BCUT2D eigenvalue weighted by Gasteiger charge is -2.18. The van der Waals surface area contributed by atoms with Crippen molar-refractivity contribution in [2.75, 3.05) is 5.32 Å². The molecule has 3 aromatic rings. The minimum absolute atomic E-state index is 0.227. The molecule has 150 valence electrons. The monoisotopic (exact) mass is 416 g/mol. The summed E-state index contributed by atoms with van der Waals surface area (Å²) in [5.41, 5.74) is 7.29. The van der Waals surface area contributed by atoms with E-state index in [1.807, 2.05) is 60.3 Å². The first-order chi connectivity index (χ1) is 14.7. The van der Waals surface area contributed by atoms with Gasteiger partial charge in [-0.1, -0.05) is 48.0 Å². The van der Waals surface area contributed by atoms with Gasteiger partial charge >= 0.3 is 0 Å². The van der Waals surface area contributed by atoms with Crippen LogP contribution in [0.5, 0.6) is 0 Å². The van der Waals surface area contributed by atoms with Crippen molar-refractivity contribution in [2.24, 2.45) is 11.0 Å². The molecular formula is C23H21ClN6. The van der Waals surface area contributed by atoms with Crippen LogP contribution in [0.3, 0.4) is 0 Å². The number of nitrogens with zero attached hydrogens (tertiary/aromatic N) is 4. The molecule has 0 spiro atoms. The first-order valence-corrected chi connectivity index (χ1v) is 10.2. The van der Waals surface area contributed by atoms with Crippen molar-refractivity contribution in [3.8, 4) is 5.82 Å². The Morgan fingerprint density at radius 2 is 2.03 bits per heavy atom. The second-order valence-corrected chi connectivity index (χ2v) is 7.87. The van der Waals surface area contributed by atoms with E-state index in [2.05, 4.69) is 45.1 Å². The summed E-state index contributed by atoms with van der Waals surface area (Å²) in [6.07, 6.45) is 8.43. The van der Waals surface area contributed by atoms with Crippen molar-refractivity contribution in [1.82, 2.24) is 20.2 Å². The number of anilines is 1. The van der Waals surface area contributed by atoms with Gasteiger partial charge in [-0.2, -0.15) is 5.10 Å². The number of hydrazone groups is 1. The van der Waals surface area contributed by atoms with Crippen molar-refractivity contribution in [3.05, 3.63) is 88.7 Å². The van der Waals surface area contributed by atoms with E-state index >= 15 is 0 Å². The second kappa shape index (κ2) is 7.80. The Hall–Kier alpha value is -3.38. The number of rotatable bonds is 5. The molecule has 3 heterocycles. The maximum Gasteiger partial charge on any atom is 0.154 e. The standard InChI is InChI=1S/C23H21ClN6/c1-15-3-2-4-23(27-15)30-21(17-7-10-20-18(11-17)14-26-28-20)12-22(29-30)25-13-16-5-8-19(24)9-6-16/h2-12,14,18,20,28H,13H2,1H3,(H,25,29). The summed E-state index contributed by atoms with van der Waals surface area (Å²) in [4.78, 5) is 4.67. The van der Waals surface area contributed by atoms with Crippen LogP contribution in [0, 0.1) is 12.8 Å². The number of fused-ring (bicyclic) bond motifs is 1. The van der Waals surface area contributed by atoms with Crippen LogP contribution in [-0.2, 0) is 6.54 Å². The highest BCUT2D eigenvalue weighted by molar-refractivity contribution is 6.30. The molecule has 2 aliphatic rings. The van der Waals surface area contributed by atoms with E-state index in [1.54, 1.807) is 0 Å². The minimum Gasteiger partial charge on any atom is -0.364 e. The summed E-state index contributed by atoms with van der Waals surface area (Å²) in [5, 5.41) is 13.2. The molecule has 2 N–H and O–H groups in total. The molecule has 0 amide bonds. The number of hydrogen-bond donors (Lipinski definition) is 2. The Kier molecular flexibility index (Phi) is 4.85. The largest absolute Gasteiger partial charge is 0.364 e. The van der Waals surface area contributed by atoms with Crippen molar-refractivity contribution >= 4 is 29.2 Å². The number of hydrogen-bond acceptors (Lipinski definition) is 5. The SMILES string of the molecule is Cc1cccc(-n2nc(NCc3ccc(Cl)cc3)cc2C2=CC3C=NNC3C=C2)n1. The van der Waals surface area contributed by atoms with Crippen LogP contribution in [-0.4, -0.2) is 27.0 Å². The summed E-state index contributed by atoms with van der Waals surface area (Å²) in [6.45, 7) is 2.64. The van der Waals surface area contributed by atoms with E-state index in [9.17, 15) is 0 Å². The Morgan fingerprint density at radius 3 is 2.87 bits per heavy atom. The highest BCUT2D eigenvalue weighted by Crippen LogP contribution is 2.29. The van der Waals surface area contributed by atoms with Crippen LogP contribution in [0.15, 0.2) is 71.9 Å². The zero-order valence-electron chi connectivity index (χ0n) is 16.5. The minimum atomic E-state index is 0.227. The Labute approximate surface area is 180 Å². The molecule has 0 saturated carbocycles. The molecule has 1 aliphatic heterocycles. The van der Waals surface area contributed by atoms with E-state index < -0.39 is 0 Å². The zero-order chi connectivity index (χ0) is 20.5. The highest BCUT2D eigenvalue weighted by atomic mass is 35.5. The Balaban J connectivity index is 1.49. The summed E-state index contributed by atoms with van der Waals surface area (Å²) in [6, 6.07) is 16.1. The molecule has 30 heavy (non-hydrogen) atoms. The summed E-state index contributed by atoms with van der Waals surface area (Å²) in [5.74, 6) is 1.82. The maximum absolute atomic E-state index is 5.99.